The maximum Gasteiger partial charge on any atom is 0.274 e. The normalized spacial score (nSPS) is 19.2. The zero-order chi connectivity index (χ0) is 33.3. The predicted octanol–water partition coefficient (Wildman–Crippen LogP) is 2.83. The molecular formula is C32H41N7O5S2. The molecule has 246 valence electrons. The van der Waals surface area contributed by atoms with Crippen molar-refractivity contribution in [2.24, 2.45) is 13.0 Å². The van der Waals surface area contributed by atoms with Gasteiger partial charge in [0.1, 0.15) is 4.21 Å². The number of aromatic nitrogens is 2. The third kappa shape index (κ3) is 6.67. The molecule has 12 nitrogen and oxygen atoms in total. The maximum absolute atomic E-state index is 14.3. The number of nitriles is 1. The molecule has 2 aromatic heterocycles. The molecule has 5 rings (SSSR count). The summed E-state index contributed by atoms with van der Waals surface area (Å²) in [6.45, 7) is 6.01. The van der Waals surface area contributed by atoms with E-state index >= 15 is 0 Å². The number of amides is 3. The number of sulfonamides is 1. The second-order valence-corrected chi connectivity index (χ2v) is 15.8. The Hall–Kier alpha value is -3.80. The van der Waals surface area contributed by atoms with E-state index in [-0.39, 0.29) is 66.3 Å². The zero-order valence-corrected chi connectivity index (χ0v) is 28.6. The van der Waals surface area contributed by atoms with Gasteiger partial charge in [-0.1, -0.05) is 13.8 Å². The summed E-state index contributed by atoms with van der Waals surface area (Å²) in [5.74, 6) is -0.699. The van der Waals surface area contributed by atoms with Crippen molar-refractivity contribution < 1.29 is 22.8 Å². The molecule has 1 aromatic carbocycles. The number of hydrogen-bond acceptors (Lipinski definition) is 8. The minimum atomic E-state index is -4.12. The predicted molar refractivity (Wildman–Crippen MR) is 175 cm³/mol. The van der Waals surface area contributed by atoms with E-state index in [1.807, 2.05) is 0 Å². The molecule has 1 atom stereocenters. The Balaban J connectivity index is 1.54. The summed E-state index contributed by atoms with van der Waals surface area (Å²) in [7, 11) is -0.765. The van der Waals surface area contributed by atoms with Crippen LogP contribution in [0.4, 0.5) is 0 Å². The first-order chi connectivity index (χ1) is 21.8. The van der Waals surface area contributed by atoms with E-state index in [0.29, 0.717) is 48.2 Å². The number of fused-ring (bicyclic) bond motifs is 2. The molecule has 2 bridgehead atoms. The molecule has 0 saturated heterocycles. The quantitative estimate of drug-likeness (QED) is 0.440. The second kappa shape index (κ2) is 13.5. The van der Waals surface area contributed by atoms with E-state index in [1.165, 1.54) is 9.21 Å². The van der Waals surface area contributed by atoms with Crippen LogP contribution in [0.5, 0.6) is 0 Å². The van der Waals surface area contributed by atoms with Crippen molar-refractivity contribution in [3.8, 4) is 6.07 Å². The number of nitrogens with zero attached hydrogens (tertiary/aromatic N) is 6. The highest BCUT2D eigenvalue weighted by molar-refractivity contribution is 7.91. The monoisotopic (exact) mass is 667 g/mol. The molecule has 2 aliphatic rings. The van der Waals surface area contributed by atoms with Gasteiger partial charge < -0.3 is 15.1 Å². The van der Waals surface area contributed by atoms with Crippen molar-refractivity contribution in [1.82, 2.24) is 29.2 Å². The van der Waals surface area contributed by atoms with Crippen LogP contribution in [0, 0.1) is 24.2 Å². The molecule has 3 aromatic rings. The fourth-order valence-corrected chi connectivity index (χ4v) is 9.59. The average Bonchev–Trinajstić information content (AvgIpc) is 3.53. The van der Waals surface area contributed by atoms with E-state index < -0.39 is 10.0 Å². The lowest BCUT2D eigenvalue weighted by molar-refractivity contribution is -0.134. The van der Waals surface area contributed by atoms with Crippen LogP contribution < -0.4 is 5.32 Å². The SMILES string of the molecule is Cc1c(S(=O)(=O)N2CCCNC(=O)CN(C)C(=O)c3nn(C)c4c3CC(CC4)N(CCC(C)C)C(=O)C2)sc2ccc(C#N)cc12. The number of thiophene rings is 1. The van der Waals surface area contributed by atoms with Gasteiger partial charge in [-0.05, 0) is 74.1 Å². The Morgan fingerprint density at radius 3 is 2.65 bits per heavy atom. The first-order valence-electron chi connectivity index (χ1n) is 15.6. The van der Waals surface area contributed by atoms with Gasteiger partial charge in [-0.2, -0.15) is 14.7 Å². The van der Waals surface area contributed by atoms with Crippen LogP contribution in [0.2, 0.25) is 0 Å². The summed E-state index contributed by atoms with van der Waals surface area (Å²) >= 11 is 1.13. The van der Waals surface area contributed by atoms with Gasteiger partial charge >= 0.3 is 0 Å². The molecular weight excluding hydrogens is 627 g/mol. The van der Waals surface area contributed by atoms with Crippen LogP contribution in [0.15, 0.2) is 22.4 Å². The summed E-state index contributed by atoms with van der Waals surface area (Å²) in [4.78, 5) is 43.6. The Bertz CT molecular complexity index is 1820. The lowest BCUT2D eigenvalue weighted by Crippen LogP contribution is -2.50. The first kappa shape index (κ1) is 33.6. The van der Waals surface area contributed by atoms with Gasteiger partial charge in [0.2, 0.25) is 11.8 Å². The number of benzene rings is 1. The highest BCUT2D eigenvalue weighted by Crippen LogP contribution is 2.36. The van der Waals surface area contributed by atoms with Gasteiger partial charge in [0.25, 0.3) is 15.9 Å². The summed E-state index contributed by atoms with van der Waals surface area (Å²) in [5.41, 5.74) is 2.96. The van der Waals surface area contributed by atoms with E-state index in [0.717, 1.165) is 33.7 Å². The number of likely N-dealkylation sites (N-methyl/N-ethyl adjacent to an activating group) is 1. The average molecular weight is 668 g/mol. The topological polar surface area (TPSA) is 149 Å². The molecule has 1 aliphatic heterocycles. The van der Waals surface area contributed by atoms with Crippen molar-refractivity contribution in [3.05, 3.63) is 46.3 Å². The maximum atomic E-state index is 14.3. The van der Waals surface area contributed by atoms with E-state index in [4.69, 9.17) is 0 Å². The Morgan fingerprint density at radius 2 is 1.93 bits per heavy atom. The Morgan fingerprint density at radius 1 is 1.17 bits per heavy atom. The van der Waals surface area contributed by atoms with Gasteiger partial charge in [0.05, 0.1) is 24.7 Å². The lowest BCUT2D eigenvalue weighted by Gasteiger charge is -2.36. The number of aryl methyl sites for hydroxylation is 2. The van der Waals surface area contributed by atoms with Crippen LogP contribution in [0.25, 0.3) is 10.1 Å². The molecule has 3 amide bonds. The molecule has 46 heavy (non-hydrogen) atoms. The lowest BCUT2D eigenvalue weighted by atomic mass is 9.89. The molecule has 14 heteroatoms. The van der Waals surface area contributed by atoms with E-state index in [1.54, 1.807) is 48.8 Å². The zero-order valence-electron chi connectivity index (χ0n) is 27.0. The molecule has 0 spiro atoms. The molecule has 0 fully saturated rings. The summed E-state index contributed by atoms with van der Waals surface area (Å²) in [5, 5.41) is 17.4. The standard InChI is InChI=1S/C32H41N7O5S2/c1-20(2)11-14-39-23-8-9-26-25(16-23)30(35-37(26)5)31(42)36(4)18-28(40)34-12-6-13-38(19-29(39)41)46(43,44)32-21(3)24-15-22(17-33)7-10-27(24)45-32/h7,10,15,20,23H,6,8-9,11-14,16,18-19H2,1-5H3,(H,34,40). The minimum Gasteiger partial charge on any atom is -0.355 e. The molecule has 1 N–H and O–H groups in total. The molecule has 3 heterocycles. The van der Waals surface area contributed by atoms with Crippen molar-refractivity contribution in [1.29, 1.82) is 5.26 Å². The van der Waals surface area contributed by atoms with Crippen LogP contribution in [-0.4, -0.2) is 95.8 Å². The molecule has 0 saturated carbocycles. The van der Waals surface area contributed by atoms with Crippen molar-refractivity contribution in [2.75, 3.05) is 39.8 Å². The van der Waals surface area contributed by atoms with Crippen LogP contribution in [0.1, 0.15) is 66.0 Å². The number of nitrogens with one attached hydrogen (secondary N) is 1. The third-order valence-electron chi connectivity index (χ3n) is 8.88. The fraction of sp³-hybridized carbons (Fsp3) is 0.531. The molecule has 0 radical (unpaired) electrons. The van der Waals surface area contributed by atoms with Crippen molar-refractivity contribution in [2.45, 2.75) is 63.1 Å². The highest BCUT2D eigenvalue weighted by Gasteiger charge is 2.37. The first-order valence-corrected chi connectivity index (χ1v) is 17.9. The highest BCUT2D eigenvalue weighted by atomic mass is 32.2. The van der Waals surface area contributed by atoms with Crippen LogP contribution >= 0.6 is 11.3 Å². The van der Waals surface area contributed by atoms with E-state index in [9.17, 15) is 28.1 Å². The minimum absolute atomic E-state index is 0.0137. The number of carbonyl (C=O) groups is 3. The smallest absolute Gasteiger partial charge is 0.274 e. The van der Waals surface area contributed by atoms with Crippen LogP contribution in [-0.2, 0) is 39.5 Å². The van der Waals surface area contributed by atoms with Crippen molar-refractivity contribution in [3.63, 3.8) is 0 Å². The molecule has 1 aliphatic carbocycles. The van der Waals surface area contributed by atoms with Gasteiger partial charge in [0, 0.05) is 55.7 Å². The fourth-order valence-electron chi connectivity index (χ4n) is 6.28. The molecule has 1 unspecified atom stereocenters. The summed E-state index contributed by atoms with van der Waals surface area (Å²) in [6.07, 6.45) is 2.69. The largest absolute Gasteiger partial charge is 0.355 e. The summed E-state index contributed by atoms with van der Waals surface area (Å²) in [6, 6.07) is 6.97. The van der Waals surface area contributed by atoms with Crippen LogP contribution in [0.3, 0.4) is 0 Å². The summed E-state index contributed by atoms with van der Waals surface area (Å²) < 4.78 is 32.5. The van der Waals surface area contributed by atoms with Gasteiger partial charge in [0.15, 0.2) is 5.69 Å². The van der Waals surface area contributed by atoms with Crippen molar-refractivity contribution >= 4 is 49.2 Å². The van der Waals surface area contributed by atoms with Gasteiger partial charge in [-0.25, -0.2) is 8.42 Å². The third-order valence-corrected chi connectivity index (χ3v) is 12.6. The van der Waals surface area contributed by atoms with E-state index in [2.05, 4.69) is 30.3 Å². The Kier molecular flexibility index (Phi) is 9.86. The number of hydrogen-bond donors (Lipinski definition) is 1. The second-order valence-electron chi connectivity index (χ2n) is 12.6. The Labute approximate surface area is 274 Å². The number of carbonyl (C=O) groups excluding carboxylic acids is 3. The number of rotatable bonds is 5. The van der Waals surface area contributed by atoms with Gasteiger partial charge in [-0.3, -0.25) is 19.1 Å². The van der Waals surface area contributed by atoms with Gasteiger partial charge in [-0.15, -0.1) is 11.3 Å².